The lowest BCUT2D eigenvalue weighted by atomic mass is 10.2. The van der Waals surface area contributed by atoms with Gasteiger partial charge in [0.05, 0.1) is 5.52 Å². The Hall–Kier alpha value is -2.31. The first-order valence-electron chi connectivity index (χ1n) is 5.42. The van der Waals surface area contributed by atoms with Crippen LogP contribution in [0.3, 0.4) is 0 Å². The van der Waals surface area contributed by atoms with E-state index in [4.69, 9.17) is 0 Å². The highest BCUT2D eigenvalue weighted by Gasteiger charge is 2.34. The number of aromatic nitrogens is 2. The average Bonchev–Trinajstić information content (AvgIpc) is 2.69. The molecule has 2 aromatic rings. The van der Waals surface area contributed by atoms with Gasteiger partial charge in [0.1, 0.15) is 0 Å². The van der Waals surface area contributed by atoms with Crippen LogP contribution >= 0.6 is 0 Å². The van der Waals surface area contributed by atoms with Crippen molar-refractivity contribution in [3.05, 3.63) is 36.4 Å². The van der Waals surface area contributed by atoms with E-state index in [9.17, 15) is 18.0 Å². The van der Waals surface area contributed by atoms with Crippen LogP contribution in [-0.2, 0) is 11.1 Å². The summed E-state index contributed by atoms with van der Waals surface area (Å²) in [5.41, 5.74) is -0.106. The normalized spacial score (nSPS) is 12.2. The van der Waals surface area contributed by atoms with E-state index in [1.54, 1.807) is 13.0 Å². The predicted octanol–water partition coefficient (Wildman–Crippen LogP) is 3.03. The number of anilines is 1. The molecule has 7 heteroatoms. The summed E-state index contributed by atoms with van der Waals surface area (Å²) < 4.78 is 38.3. The Balaban J connectivity index is 2.54. The van der Waals surface area contributed by atoms with E-state index < -0.39 is 12.2 Å². The van der Waals surface area contributed by atoms with Crippen molar-refractivity contribution in [2.75, 3.05) is 5.32 Å². The zero-order chi connectivity index (χ0) is 14.0. The molecule has 4 nitrogen and oxygen atoms in total. The first kappa shape index (κ1) is 13.1. The highest BCUT2D eigenvalue weighted by Crippen LogP contribution is 2.30. The van der Waals surface area contributed by atoms with Crippen molar-refractivity contribution in [2.24, 2.45) is 0 Å². The molecule has 1 N–H and O–H groups in total. The van der Waals surface area contributed by atoms with Gasteiger partial charge >= 0.3 is 6.30 Å². The van der Waals surface area contributed by atoms with Gasteiger partial charge in [-0.3, -0.25) is 4.79 Å². The van der Waals surface area contributed by atoms with Crippen LogP contribution < -0.4 is 5.32 Å². The molecule has 0 bridgehead atoms. The summed E-state index contributed by atoms with van der Waals surface area (Å²) in [6.07, 6.45) is -1.94. The molecule has 0 radical (unpaired) electrons. The molecule has 1 heterocycles. The van der Waals surface area contributed by atoms with Crippen molar-refractivity contribution < 1.29 is 18.0 Å². The molecule has 1 aromatic carbocycles. The second kappa shape index (κ2) is 4.75. The van der Waals surface area contributed by atoms with Gasteiger partial charge in [0.2, 0.25) is 5.91 Å². The summed E-state index contributed by atoms with van der Waals surface area (Å²) in [5, 5.41) is 5.96. The van der Waals surface area contributed by atoms with Crippen molar-refractivity contribution in [1.82, 2.24) is 9.78 Å². The van der Waals surface area contributed by atoms with Gasteiger partial charge in [0.25, 0.3) is 0 Å². The summed E-state index contributed by atoms with van der Waals surface area (Å²) in [6.45, 7) is 1.63. The fourth-order valence-corrected chi connectivity index (χ4v) is 1.66. The fraction of sp³-hybridized carbons (Fsp3) is 0.167. The first-order chi connectivity index (χ1) is 8.93. The number of carbonyl (C=O) groups is 1. The number of para-hydroxylation sites is 1. The summed E-state index contributed by atoms with van der Waals surface area (Å²) in [6, 6.07) is 5.82. The topological polar surface area (TPSA) is 46.9 Å². The molecular formula is C12H10F3N3O. The van der Waals surface area contributed by atoms with E-state index in [0.717, 1.165) is 0 Å². The number of carbonyl (C=O) groups excluding carboxylic acids is 1. The lowest BCUT2D eigenvalue weighted by Gasteiger charge is -2.06. The Kier molecular flexibility index (Phi) is 3.28. The van der Waals surface area contributed by atoms with E-state index in [1.807, 2.05) is 0 Å². The van der Waals surface area contributed by atoms with E-state index in [0.29, 0.717) is 0 Å². The average molecular weight is 269 g/mol. The minimum absolute atomic E-state index is 0.0619. The molecule has 0 spiro atoms. The molecule has 0 saturated carbocycles. The number of halogens is 3. The van der Waals surface area contributed by atoms with Crippen molar-refractivity contribution in [2.45, 2.75) is 13.2 Å². The number of hydrogen-bond donors (Lipinski definition) is 1. The number of nitrogens with zero attached hydrogens (tertiary/aromatic N) is 2. The van der Waals surface area contributed by atoms with Crippen molar-refractivity contribution in [3.8, 4) is 0 Å². The molecule has 19 heavy (non-hydrogen) atoms. The van der Waals surface area contributed by atoms with Gasteiger partial charge in [-0.15, -0.1) is 18.3 Å². The molecule has 0 aliphatic carbocycles. The molecule has 1 amide bonds. The summed E-state index contributed by atoms with van der Waals surface area (Å²) in [4.78, 5) is 11.4. The maximum atomic E-state index is 12.8. The van der Waals surface area contributed by atoms with Crippen LogP contribution in [0.25, 0.3) is 10.9 Å². The minimum Gasteiger partial charge on any atom is -0.305 e. The lowest BCUT2D eigenvalue weighted by Crippen LogP contribution is -2.18. The zero-order valence-electron chi connectivity index (χ0n) is 9.90. The third-order valence-corrected chi connectivity index (χ3v) is 2.39. The SMILES string of the molecule is CC=CC(=O)Nc1nn(C(F)(F)F)c2ccccc12. The summed E-state index contributed by atoms with van der Waals surface area (Å²) in [7, 11) is 0. The van der Waals surface area contributed by atoms with Crippen molar-refractivity contribution in [1.29, 1.82) is 0 Å². The van der Waals surface area contributed by atoms with Gasteiger partial charge in [-0.05, 0) is 25.1 Å². The molecule has 0 atom stereocenters. The number of nitrogens with one attached hydrogen (secondary N) is 1. The third kappa shape index (κ3) is 2.59. The molecule has 0 saturated heterocycles. The highest BCUT2D eigenvalue weighted by molar-refractivity contribution is 6.04. The predicted molar refractivity (Wildman–Crippen MR) is 64.5 cm³/mol. The van der Waals surface area contributed by atoms with Crippen LogP contribution in [0.2, 0.25) is 0 Å². The van der Waals surface area contributed by atoms with E-state index in [1.165, 1.54) is 30.4 Å². The van der Waals surface area contributed by atoms with E-state index in [-0.39, 0.29) is 21.4 Å². The summed E-state index contributed by atoms with van der Waals surface area (Å²) in [5.74, 6) is -0.642. The number of benzene rings is 1. The van der Waals surface area contributed by atoms with Gasteiger partial charge in [0, 0.05) is 5.39 Å². The fourth-order valence-electron chi connectivity index (χ4n) is 1.66. The zero-order valence-corrected chi connectivity index (χ0v) is 9.90. The van der Waals surface area contributed by atoms with Crippen LogP contribution in [0.15, 0.2) is 36.4 Å². The van der Waals surface area contributed by atoms with E-state index >= 15 is 0 Å². The van der Waals surface area contributed by atoms with Gasteiger partial charge < -0.3 is 5.32 Å². The molecule has 1 aromatic heterocycles. The molecule has 0 fully saturated rings. The smallest absolute Gasteiger partial charge is 0.305 e. The number of allylic oxidation sites excluding steroid dienone is 1. The second-order valence-corrected chi connectivity index (χ2v) is 3.73. The monoisotopic (exact) mass is 269 g/mol. The Bertz CT molecular complexity index is 643. The Morgan fingerprint density at radius 1 is 1.37 bits per heavy atom. The standard InChI is InChI=1S/C12H10F3N3O/c1-2-5-10(19)16-11-8-6-3-4-7-9(8)18(17-11)12(13,14)15/h2-7H,1H3,(H,16,17,19). The van der Waals surface area contributed by atoms with Crippen LogP contribution in [0, 0.1) is 0 Å². The third-order valence-electron chi connectivity index (χ3n) is 2.39. The number of alkyl halides is 3. The Labute approximate surface area is 106 Å². The molecular weight excluding hydrogens is 259 g/mol. The maximum absolute atomic E-state index is 12.8. The summed E-state index contributed by atoms with van der Waals surface area (Å²) >= 11 is 0. The molecule has 0 aliphatic heterocycles. The Morgan fingerprint density at radius 3 is 2.68 bits per heavy atom. The quantitative estimate of drug-likeness (QED) is 0.852. The number of amides is 1. The van der Waals surface area contributed by atoms with Crippen molar-refractivity contribution in [3.63, 3.8) is 0 Å². The minimum atomic E-state index is -4.64. The second-order valence-electron chi connectivity index (χ2n) is 3.73. The van der Waals surface area contributed by atoms with Crippen LogP contribution in [0.5, 0.6) is 0 Å². The van der Waals surface area contributed by atoms with Gasteiger partial charge in [-0.2, -0.15) is 4.68 Å². The number of hydrogen-bond acceptors (Lipinski definition) is 2. The highest BCUT2D eigenvalue weighted by atomic mass is 19.4. The van der Waals surface area contributed by atoms with E-state index in [2.05, 4.69) is 10.4 Å². The first-order valence-corrected chi connectivity index (χ1v) is 5.42. The van der Waals surface area contributed by atoms with Gasteiger partial charge in [-0.1, -0.05) is 18.2 Å². The molecule has 2 rings (SSSR count). The Morgan fingerprint density at radius 2 is 2.05 bits per heavy atom. The molecule has 100 valence electrons. The van der Waals surface area contributed by atoms with Crippen LogP contribution in [-0.4, -0.2) is 15.7 Å². The maximum Gasteiger partial charge on any atom is 0.505 e. The number of fused-ring (bicyclic) bond motifs is 1. The van der Waals surface area contributed by atoms with Crippen LogP contribution in [0.4, 0.5) is 19.0 Å². The lowest BCUT2D eigenvalue weighted by molar-refractivity contribution is -0.208. The molecule has 0 unspecified atom stereocenters. The number of rotatable bonds is 2. The largest absolute Gasteiger partial charge is 0.505 e. The van der Waals surface area contributed by atoms with Crippen LogP contribution in [0.1, 0.15) is 6.92 Å². The molecule has 0 aliphatic rings. The van der Waals surface area contributed by atoms with Crippen molar-refractivity contribution >= 4 is 22.6 Å². The van der Waals surface area contributed by atoms with Gasteiger partial charge in [0.15, 0.2) is 5.82 Å². The van der Waals surface area contributed by atoms with Gasteiger partial charge in [-0.25, -0.2) is 0 Å².